The molecule has 5 nitrogen and oxygen atoms in total. The van der Waals surface area contributed by atoms with E-state index in [0.717, 1.165) is 6.42 Å². The highest BCUT2D eigenvalue weighted by atomic mass is 16.5. The zero-order valence-electron chi connectivity index (χ0n) is 8.70. The lowest BCUT2D eigenvalue weighted by atomic mass is 10.0. The summed E-state index contributed by atoms with van der Waals surface area (Å²) < 4.78 is 5.20. The predicted octanol–water partition coefficient (Wildman–Crippen LogP) is -1.28. The van der Waals surface area contributed by atoms with Crippen molar-refractivity contribution in [3.63, 3.8) is 0 Å². The van der Waals surface area contributed by atoms with Crippen molar-refractivity contribution < 1.29 is 20.1 Å². The maximum absolute atomic E-state index is 8.96. The zero-order chi connectivity index (χ0) is 10.9. The molecule has 0 atom stereocenters. The highest BCUT2D eigenvalue weighted by Gasteiger charge is 2.26. The molecule has 0 aliphatic rings. The van der Waals surface area contributed by atoms with Gasteiger partial charge in [-0.25, -0.2) is 0 Å². The molecule has 0 aliphatic heterocycles. The Hall–Kier alpha value is -0.200. The van der Waals surface area contributed by atoms with E-state index in [2.05, 4.69) is 5.32 Å². The number of rotatable bonds is 9. The van der Waals surface area contributed by atoms with Gasteiger partial charge in [-0.15, -0.1) is 0 Å². The summed E-state index contributed by atoms with van der Waals surface area (Å²) >= 11 is 0. The molecule has 0 unspecified atom stereocenters. The molecule has 0 aromatic rings. The average Bonchev–Trinajstić information content (AvgIpc) is 2.24. The number of hydrogen-bond donors (Lipinski definition) is 4. The van der Waals surface area contributed by atoms with Gasteiger partial charge in [0.15, 0.2) is 0 Å². The van der Waals surface area contributed by atoms with Crippen molar-refractivity contribution in [2.75, 3.05) is 39.6 Å². The molecule has 0 bridgehead atoms. The molecule has 0 heterocycles. The first kappa shape index (κ1) is 13.8. The van der Waals surface area contributed by atoms with Gasteiger partial charge in [-0.05, 0) is 6.42 Å². The Morgan fingerprint density at radius 3 is 2.07 bits per heavy atom. The van der Waals surface area contributed by atoms with Crippen LogP contribution in [0.1, 0.15) is 13.3 Å². The molecule has 0 fully saturated rings. The molecule has 0 aromatic heterocycles. The van der Waals surface area contributed by atoms with Crippen LogP contribution in [0.5, 0.6) is 0 Å². The van der Waals surface area contributed by atoms with Gasteiger partial charge >= 0.3 is 0 Å². The SMILES string of the molecule is CCCOCCNC(CO)(CO)CO. The summed E-state index contributed by atoms with van der Waals surface area (Å²) in [7, 11) is 0. The molecule has 4 N–H and O–H groups in total. The minimum absolute atomic E-state index is 0.298. The quantitative estimate of drug-likeness (QED) is 0.354. The first-order valence-electron chi connectivity index (χ1n) is 4.90. The van der Waals surface area contributed by atoms with E-state index < -0.39 is 5.54 Å². The Balaban J connectivity index is 3.61. The first-order valence-corrected chi connectivity index (χ1v) is 4.90. The van der Waals surface area contributed by atoms with Crippen molar-refractivity contribution >= 4 is 0 Å². The Morgan fingerprint density at radius 1 is 1.07 bits per heavy atom. The summed E-state index contributed by atoms with van der Waals surface area (Å²) in [5.74, 6) is 0. The minimum Gasteiger partial charge on any atom is -0.394 e. The lowest BCUT2D eigenvalue weighted by molar-refractivity contribution is 0.0347. The van der Waals surface area contributed by atoms with Crippen molar-refractivity contribution in [1.29, 1.82) is 0 Å². The third kappa shape index (κ3) is 4.88. The van der Waals surface area contributed by atoms with Crippen molar-refractivity contribution in [3.05, 3.63) is 0 Å². The van der Waals surface area contributed by atoms with E-state index in [0.29, 0.717) is 19.8 Å². The van der Waals surface area contributed by atoms with E-state index in [9.17, 15) is 0 Å². The topological polar surface area (TPSA) is 82.0 Å². The Labute approximate surface area is 84.7 Å². The van der Waals surface area contributed by atoms with Crippen LogP contribution < -0.4 is 5.32 Å². The third-order valence-electron chi connectivity index (χ3n) is 2.00. The number of nitrogens with one attached hydrogen (secondary N) is 1. The molecule has 0 saturated heterocycles. The summed E-state index contributed by atoms with van der Waals surface area (Å²) in [5, 5.41) is 29.7. The summed E-state index contributed by atoms with van der Waals surface area (Å²) in [5.41, 5.74) is -0.991. The molecule has 0 aliphatic carbocycles. The molecule has 5 heteroatoms. The first-order chi connectivity index (χ1) is 6.74. The van der Waals surface area contributed by atoms with Crippen LogP contribution in [0, 0.1) is 0 Å². The van der Waals surface area contributed by atoms with Gasteiger partial charge in [0, 0.05) is 13.2 Å². The number of hydrogen-bond acceptors (Lipinski definition) is 5. The van der Waals surface area contributed by atoms with Crippen LogP contribution >= 0.6 is 0 Å². The molecule has 0 amide bonds. The lowest BCUT2D eigenvalue weighted by Crippen LogP contribution is -2.55. The fraction of sp³-hybridized carbons (Fsp3) is 1.00. The average molecular weight is 207 g/mol. The van der Waals surface area contributed by atoms with Crippen LogP contribution in [-0.2, 0) is 4.74 Å². The molecule has 14 heavy (non-hydrogen) atoms. The zero-order valence-corrected chi connectivity index (χ0v) is 8.70. The maximum Gasteiger partial charge on any atom is 0.0882 e. The molecular formula is C9H21NO4. The van der Waals surface area contributed by atoms with Crippen molar-refractivity contribution in [1.82, 2.24) is 5.32 Å². The van der Waals surface area contributed by atoms with E-state index in [1.54, 1.807) is 0 Å². The highest BCUT2D eigenvalue weighted by molar-refractivity contribution is 4.85. The van der Waals surface area contributed by atoms with Crippen molar-refractivity contribution in [2.24, 2.45) is 0 Å². The minimum atomic E-state index is -0.991. The van der Waals surface area contributed by atoms with Gasteiger partial charge in [0.25, 0.3) is 0 Å². The second-order valence-electron chi connectivity index (χ2n) is 3.29. The van der Waals surface area contributed by atoms with Crippen LogP contribution in [0.15, 0.2) is 0 Å². The predicted molar refractivity (Wildman–Crippen MR) is 53.1 cm³/mol. The van der Waals surface area contributed by atoms with E-state index in [1.165, 1.54) is 0 Å². The normalized spacial score (nSPS) is 12.0. The summed E-state index contributed by atoms with van der Waals surface area (Å²) in [6, 6.07) is 0. The van der Waals surface area contributed by atoms with Crippen LogP contribution in [-0.4, -0.2) is 60.4 Å². The number of ether oxygens (including phenoxy) is 1. The summed E-state index contributed by atoms with van der Waals surface area (Å²) in [4.78, 5) is 0. The van der Waals surface area contributed by atoms with Gasteiger partial charge in [-0.3, -0.25) is 0 Å². The summed E-state index contributed by atoms with van der Waals surface area (Å²) in [6.45, 7) is 2.84. The van der Waals surface area contributed by atoms with Gasteiger partial charge in [0.05, 0.1) is 32.0 Å². The van der Waals surface area contributed by atoms with E-state index >= 15 is 0 Å². The van der Waals surface area contributed by atoms with Gasteiger partial charge in [0.2, 0.25) is 0 Å². The molecular weight excluding hydrogens is 186 g/mol. The van der Waals surface area contributed by atoms with Gasteiger partial charge in [-0.1, -0.05) is 6.92 Å². The van der Waals surface area contributed by atoms with Crippen molar-refractivity contribution in [3.8, 4) is 0 Å². The fourth-order valence-electron chi connectivity index (χ4n) is 0.952. The van der Waals surface area contributed by atoms with E-state index in [4.69, 9.17) is 20.1 Å². The smallest absolute Gasteiger partial charge is 0.0882 e. The second kappa shape index (κ2) is 8.14. The standard InChI is InChI=1S/C9H21NO4/c1-2-4-14-5-3-10-9(6-11,7-12)8-13/h10-13H,2-8H2,1H3. The van der Waals surface area contributed by atoms with Gasteiger partial charge in [0.1, 0.15) is 0 Å². The van der Waals surface area contributed by atoms with E-state index in [-0.39, 0.29) is 19.8 Å². The molecule has 0 rings (SSSR count). The monoisotopic (exact) mass is 207 g/mol. The second-order valence-corrected chi connectivity index (χ2v) is 3.29. The van der Waals surface area contributed by atoms with Crippen LogP contribution in [0.3, 0.4) is 0 Å². The largest absolute Gasteiger partial charge is 0.394 e. The Kier molecular flexibility index (Phi) is 8.02. The van der Waals surface area contributed by atoms with E-state index in [1.807, 2.05) is 6.92 Å². The molecule has 0 radical (unpaired) electrons. The fourth-order valence-corrected chi connectivity index (χ4v) is 0.952. The number of aliphatic hydroxyl groups is 3. The maximum atomic E-state index is 8.96. The van der Waals surface area contributed by atoms with Gasteiger partial charge in [-0.2, -0.15) is 0 Å². The van der Waals surface area contributed by atoms with Gasteiger partial charge < -0.3 is 25.4 Å². The third-order valence-corrected chi connectivity index (χ3v) is 2.00. The Morgan fingerprint density at radius 2 is 1.64 bits per heavy atom. The van der Waals surface area contributed by atoms with Crippen molar-refractivity contribution in [2.45, 2.75) is 18.9 Å². The molecule has 0 saturated carbocycles. The van der Waals surface area contributed by atoms with Crippen LogP contribution in [0.25, 0.3) is 0 Å². The number of aliphatic hydroxyl groups excluding tert-OH is 3. The molecule has 0 spiro atoms. The van der Waals surface area contributed by atoms with Crippen LogP contribution in [0.2, 0.25) is 0 Å². The Bertz CT molecular complexity index is 120. The van der Waals surface area contributed by atoms with Crippen LogP contribution in [0.4, 0.5) is 0 Å². The lowest BCUT2D eigenvalue weighted by Gasteiger charge is -2.28. The molecule has 0 aromatic carbocycles. The highest BCUT2D eigenvalue weighted by Crippen LogP contribution is 2.00. The molecule has 86 valence electrons. The summed E-state index contributed by atoms with van der Waals surface area (Å²) in [6.07, 6.45) is 0.963.